The monoisotopic (exact) mass is 404 g/mol. The molecule has 0 aliphatic carbocycles. The lowest BCUT2D eigenvalue weighted by Crippen LogP contribution is -2.32. The van der Waals surface area contributed by atoms with Crippen LogP contribution >= 0.6 is 0 Å². The van der Waals surface area contributed by atoms with Crippen LogP contribution in [0.1, 0.15) is 90.5 Å². The Morgan fingerprint density at radius 2 is 1.62 bits per heavy atom. The van der Waals surface area contributed by atoms with E-state index in [1.54, 1.807) is 0 Å². The number of carbonyl (C=O) groups excluding carboxylic acids is 1. The highest BCUT2D eigenvalue weighted by atomic mass is 17.2. The summed E-state index contributed by atoms with van der Waals surface area (Å²) in [5.74, 6) is 0.333. The fourth-order valence-electron chi connectivity index (χ4n) is 4.64. The summed E-state index contributed by atoms with van der Waals surface area (Å²) >= 11 is 0. The number of esters is 1. The molecule has 1 aromatic rings. The van der Waals surface area contributed by atoms with Gasteiger partial charge in [0, 0.05) is 6.42 Å². The molecule has 4 nitrogen and oxygen atoms in total. The molecular formula is C25H40O4. The van der Waals surface area contributed by atoms with Crippen molar-refractivity contribution in [1.82, 2.24) is 0 Å². The minimum Gasteiger partial charge on any atom is -0.469 e. The summed E-state index contributed by atoms with van der Waals surface area (Å²) in [7, 11) is 1.41. The van der Waals surface area contributed by atoms with Crippen LogP contribution in [-0.4, -0.2) is 24.3 Å². The zero-order valence-corrected chi connectivity index (χ0v) is 18.9. The summed E-state index contributed by atoms with van der Waals surface area (Å²) in [6.45, 7) is 6.32. The lowest BCUT2D eigenvalue weighted by molar-refractivity contribution is -0.346. The number of methoxy groups -OCH3 is 1. The van der Waals surface area contributed by atoms with E-state index >= 15 is 0 Å². The average Bonchev–Trinajstić information content (AvgIpc) is 2.98. The fourth-order valence-corrected chi connectivity index (χ4v) is 4.64. The smallest absolute Gasteiger partial charge is 0.308 e. The maximum Gasteiger partial charge on any atom is 0.308 e. The normalized spacial score (nSPS) is 25.1. The predicted molar refractivity (Wildman–Crippen MR) is 116 cm³/mol. The molecule has 1 aliphatic heterocycles. The van der Waals surface area contributed by atoms with Crippen molar-refractivity contribution >= 4 is 5.97 Å². The van der Waals surface area contributed by atoms with E-state index in [1.807, 2.05) is 6.92 Å². The van der Waals surface area contributed by atoms with Crippen molar-refractivity contribution < 1.29 is 19.3 Å². The quantitative estimate of drug-likeness (QED) is 0.216. The summed E-state index contributed by atoms with van der Waals surface area (Å²) in [6.07, 6.45) is 12.2. The van der Waals surface area contributed by atoms with Crippen molar-refractivity contribution in [1.29, 1.82) is 0 Å². The minimum atomic E-state index is -0.582. The molecule has 1 aromatic carbocycles. The van der Waals surface area contributed by atoms with Gasteiger partial charge >= 0.3 is 5.97 Å². The first-order chi connectivity index (χ1) is 13.8. The fraction of sp³-hybridized carbons (Fsp3) is 0.720. The van der Waals surface area contributed by atoms with Gasteiger partial charge < -0.3 is 4.74 Å². The molecule has 1 fully saturated rings. The molecule has 1 unspecified atom stereocenters. The highest BCUT2D eigenvalue weighted by molar-refractivity contribution is 5.70. The molecule has 0 spiro atoms. The molecule has 0 radical (unpaired) electrons. The van der Waals surface area contributed by atoms with Crippen LogP contribution in [0.3, 0.4) is 0 Å². The Morgan fingerprint density at radius 3 is 2.31 bits per heavy atom. The number of unbranched alkanes of at least 4 members (excludes halogenated alkanes) is 5. The van der Waals surface area contributed by atoms with Gasteiger partial charge in [-0.1, -0.05) is 75.8 Å². The molecule has 1 saturated heterocycles. The Balaban J connectivity index is 1.53. The highest BCUT2D eigenvalue weighted by Crippen LogP contribution is 2.42. The van der Waals surface area contributed by atoms with Gasteiger partial charge in [-0.2, -0.15) is 0 Å². The van der Waals surface area contributed by atoms with E-state index in [4.69, 9.17) is 14.5 Å². The SMILES string of the molecule is COC(=O)C[C@@]1(C)C[C@](C)(CC(C)CCCCCCCCc2ccccc2)OO1. The number of rotatable bonds is 13. The number of hydrogen-bond donors (Lipinski definition) is 0. The van der Waals surface area contributed by atoms with E-state index in [9.17, 15) is 4.79 Å². The highest BCUT2D eigenvalue weighted by Gasteiger charge is 2.48. The van der Waals surface area contributed by atoms with Crippen LogP contribution in [0.5, 0.6) is 0 Å². The molecule has 1 heterocycles. The molecule has 1 aliphatic rings. The van der Waals surface area contributed by atoms with Crippen LogP contribution in [0.4, 0.5) is 0 Å². The summed E-state index contributed by atoms with van der Waals surface area (Å²) in [4.78, 5) is 22.8. The molecular weight excluding hydrogens is 364 g/mol. The lowest BCUT2D eigenvalue weighted by atomic mass is 9.81. The standard InChI is InChI=1S/C25H40O4/c1-21(18-24(2)20-25(3,29-28-24)19-23(26)27-4)14-10-7-5-6-8-11-15-22-16-12-9-13-17-22/h9,12-13,16-17,21H,5-8,10-11,14-15,18-20H2,1-4H3/t21?,24-,25-/m0/s1. The maximum atomic E-state index is 11.6. The molecule has 3 atom stereocenters. The number of ether oxygens (including phenoxy) is 1. The molecule has 0 amide bonds. The van der Waals surface area contributed by atoms with Gasteiger partial charge in [0.2, 0.25) is 0 Å². The van der Waals surface area contributed by atoms with Gasteiger partial charge in [-0.05, 0) is 44.6 Å². The molecule has 2 rings (SSSR count). The average molecular weight is 405 g/mol. The van der Waals surface area contributed by atoms with Crippen molar-refractivity contribution in [2.24, 2.45) is 5.92 Å². The summed E-state index contributed by atoms with van der Waals surface area (Å²) in [5, 5.41) is 0. The van der Waals surface area contributed by atoms with E-state index in [0.29, 0.717) is 5.92 Å². The van der Waals surface area contributed by atoms with E-state index in [-0.39, 0.29) is 18.0 Å². The minimum absolute atomic E-state index is 0.234. The molecule has 0 bridgehead atoms. The third-order valence-electron chi connectivity index (χ3n) is 5.97. The van der Waals surface area contributed by atoms with Gasteiger partial charge in [0.25, 0.3) is 0 Å². The van der Waals surface area contributed by atoms with Crippen LogP contribution in [0.25, 0.3) is 0 Å². The van der Waals surface area contributed by atoms with Gasteiger partial charge in [0.15, 0.2) is 0 Å². The van der Waals surface area contributed by atoms with E-state index in [0.717, 1.165) is 12.8 Å². The second kappa shape index (κ2) is 11.7. The van der Waals surface area contributed by atoms with Crippen molar-refractivity contribution in [2.75, 3.05) is 7.11 Å². The van der Waals surface area contributed by atoms with Crippen molar-refractivity contribution in [3.8, 4) is 0 Å². The summed E-state index contributed by atoms with van der Waals surface area (Å²) in [6, 6.07) is 10.8. The summed E-state index contributed by atoms with van der Waals surface area (Å²) < 4.78 is 4.78. The third-order valence-corrected chi connectivity index (χ3v) is 5.97. The topological polar surface area (TPSA) is 44.8 Å². The Labute approximate surface area is 177 Å². The number of benzene rings is 1. The molecule has 164 valence electrons. The molecule has 0 saturated carbocycles. The Kier molecular flexibility index (Phi) is 9.64. The molecule has 0 N–H and O–H groups in total. The van der Waals surface area contributed by atoms with Gasteiger partial charge in [0.05, 0.1) is 13.5 Å². The number of hydrogen-bond acceptors (Lipinski definition) is 4. The number of aryl methyl sites for hydroxylation is 1. The van der Waals surface area contributed by atoms with E-state index in [1.165, 1.54) is 64.0 Å². The maximum absolute atomic E-state index is 11.6. The van der Waals surface area contributed by atoms with E-state index < -0.39 is 5.60 Å². The first-order valence-corrected chi connectivity index (χ1v) is 11.3. The third kappa shape index (κ3) is 8.88. The Bertz CT molecular complexity index is 602. The van der Waals surface area contributed by atoms with Gasteiger partial charge in [-0.3, -0.25) is 4.79 Å². The zero-order valence-electron chi connectivity index (χ0n) is 18.9. The van der Waals surface area contributed by atoms with Crippen LogP contribution in [-0.2, 0) is 25.7 Å². The zero-order chi connectivity index (χ0) is 21.2. The van der Waals surface area contributed by atoms with Crippen molar-refractivity contribution in [2.45, 2.75) is 103 Å². The van der Waals surface area contributed by atoms with Crippen LogP contribution in [0.2, 0.25) is 0 Å². The Morgan fingerprint density at radius 1 is 1.00 bits per heavy atom. The van der Waals surface area contributed by atoms with E-state index in [2.05, 4.69) is 44.2 Å². The van der Waals surface area contributed by atoms with Crippen molar-refractivity contribution in [3.63, 3.8) is 0 Å². The second-order valence-corrected chi connectivity index (χ2v) is 9.45. The molecule has 4 heteroatoms. The largest absolute Gasteiger partial charge is 0.469 e. The predicted octanol–water partition coefficient (Wildman–Crippen LogP) is 6.42. The molecule has 0 aromatic heterocycles. The van der Waals surface area contributed by atoms with Crippen molar-refractivity contribution in [3.05, 3.63) is 35.9 Å². The Hall–Kier alpha value is -1.39. The molecule has 29 heavy (non-hydrogen) atoms. The summed E-state index contributed by atoms with van der Waals surface area (Å²) in [5.41, 5.74) is 0.552. The van der Waals surface area contributed by atoms with Crippen LogP contribution < -0.4 is 0 Å². The van der Waals surface area contributed by atoms with Crippen LogP contribution in [0.15, 0.2) is 30.3 Å². The first-order valence-electron chi connectivity index (χ1n) is 11.3. The van der Waals surface area contributed by atoms with Gasteiger partial charge in [-0.25, -0.2) is 9.78 Å². The first kappa shape index (κ1) is 23.9. The number of carbonyl (C=O) groups is 1. The lowest BCUT2D eigenvalue weighted by Gasteiger charge is -2.25. The second-order valence-electron chi connectivity index (χ2n) is 9.45. The van der Waals surface area contributed by atoms with Gasteiger partial charge in [0.1, 0.15) is 11.2 Å². The van der Waals surface area contributed by atoms with Crippen LogP contribution in [0, 0.1) is 5.92 Å². The van der Waals surface area contributed by atoms with Gasteiger partial charge in [-0.15, -0.1) is 0 Å².